The number of aromatic hydroxyl groups is 1. The predicted molar refractivity (Wildman–Crippen MR) is 74.8 cm³/mol. The number of rotatable bonds is 5. The number of thiazole rings is 1. The Morgan fingerprint density at radius 2 is 2.26 bits per heavy atom. The zero-order chi connectivity index (χ0) is 13.8. The van der Waals surface area contributed by atoms with Crippen LogP contribution in [0.25, 0.3) is 0 Å². The highest BCUT2D eigenvalue weighted by Gasteiger charge is 2.17. The van der Waals surface area contributed by atoms with E-state index in [2.05, 4.69) is 17.2 Å². The Morgan fingerprint density at radius 3 is 2.84 bits per heavy atom. The summed E-state index contributed by atoms with van der Waals surface area (Å²) in [4.78, 5) is 4.30. The van der Waals surface area contributed by atoms with Crippen LogP contribution in [-0.4, -0.2) is 10.1 Å². The molecule has 0 aliphatic carbocycles. The molecule has 0 aliphatic heterocycles. The molecule has 1 aromatic heterocycles. The Morgan fingerprint density at radius 1 is 1.47 bits per heavy atom. The number of hydrogen-bond acceptors (Lipinski definition) is 4. The lowest BCUT2D eigenvalue weighted by molar-refractivity contribution is 0.420. The number of nitrogens with zero attached hydrogens (tertiary/aromatic N) is 1. The SMILES string of the molecule is CCC(NC(C)c1ccc(F)cc1O)c1nccs1. The third-order valence-electron chi connectivity index (χ3n) is 3.07. The molecule has 0 fully saturated rings. The van der Waals surface area contributed by atoms with E-state index in [9.17, 15) is 9.50 Å². The Bertz CT molecular complexity index is 530. The largest absolute Gasteiger partial charge is 0.508 e. The van der Waals surface area contributed by atoms with Crippen molar-refractivity contribution in [3.63, 3.8) is 0 Å². The lowest BCUT2D eigenvalue weighted by Crippen LogP contribution is -2.24. The summed E-state index contributed by atoms with van der Waals surface area (Å²) in [6.45, 7) is 4.03. The minimum atomic E-state index is -0.430. The van der Waals surface area contributed by atoms with Gasteiger partial charge in [-0.3, -0.25) is 0 Å². The van der Waals surface area contributed by atoms with Gasteiger partial charge < -0.3 is 10.4 Å². The van der Waals surface area contributed by atoms with Crippen LogP contribution in [0.2, 0.25) is 0 Å². The average molecular weight is 280 g/mol. The first-order valence-electron chi connectivity index (χ1n) is 6.25. The highest BCUT2D eigenvalue weighted by molar-refractivity contribution is 7.09. The average Bonchev–Trinajstić information content (AvgIpc) is 2.89. The van der Waals surface area contributed by atoms with Crippen molar-refractivity contribution in [1.29, 1.82) is 0 Å². The van der Waals surface area contributed by atoms with Crippen molar-refractivity contribution >= 4 is 11.3 Å². The van der Waals surface area contributed by atoms with Crippen LogP contribution in [0, 0.1) is 5.82 Å². The zero-order valence-corrected chi connectivity index (χ0v) is 11.7. The Labute approximate surface area is 116 Å². The van der Waals surface area contributed by atoms with Crippen molar-refractivity contribution < 1.29 is 9.50 Å². The molecule has 2 aromatic rings. The summed E-state index contributed by atoms with van der Waals surface area (Å²) in [5, 5.41) is 16.2. The van der Waals surface area contributed by atoms with Crippen molar-refractivity contribution in [2.45, 2.75) is 32.4 Å². The van der Waals surface area contributed by atoms with Crippen molar-refractivity contribution in [1.82, 2.24) is 10.3 Å². The fraction of sp³-hybridized carbons (Fsp3) is 0.357. The van der Waals surface area contributed by atoms with Gasteiger partial charge in [0.15, 0.2) is 0 Å². The van der Waals surface area contributed by atoms with Crippen molar-refractivity contribution in [3.8, 4) is 5.75 Å². The fourth-order valence-electron chi connectivity index (χ4n) is 2.04. The molecule has 0 saturated heterocycles. The third kappa shape index (κ3) is 3.30. The van der Waals surface area contributed by atoms with E-state index in [4.69, 9.17) is 0 Å². The molecule has 1 aromatic carbocycles. The van der Waals surface area contributed by atoms with Crippen LogP contribution < -0.4 is 5.32 Å². The summed E-state index contributed by atoms with van der Waals surface area (Å²) >= 11 is 1.60. The number of phenols is 1. The van der Waals surface area contributed by atoms with Crippen LogP contribution in [0.3, 0.4) is 0 Å². The Hall–Kier alpha value is -1.46. The Balaban J connectivity index is 2.13. The highest BCUT2D eigenvalue weighted by atomic mass is 32.1. The van der Waals surface area contributed by atoms with Gasteiger partial charge >= 0.3 is 0 Å². The quantitative estimate of drug-likeness (QED) is 0.876. The van der Waals surface area contributed by atoms with Crippen molar-refractivity contribution in [2.75, 3.05) is 0 Å². The van der Waals surface area contributed by atoms with E-state index in [0.717, 1.165) is 17.5 Å². The van der Waals surface area contributed by atoms with Gasteiger partial charge in [0, 0.05) is 29.2 Å². The van der Waals surface area contributed by atoms with Crippen LogP contribution >= 0.6 is 11.3 Å². The molecule has 0 spiro atoms. The van der Waals surface area contributed by atoms with E-state index in [1.165, 1.54) is 6.07 Å². The summed E-state index contributed by atoms with van der Waals surface area (Å²) in [6, 6.07) is 4.17. The number of halogens is 1. The maximum absolute atomic E-state index is 13.0. The Kier molecular flexibility index (Phi) is 4.50. The van der Waals surface area contributed by atoms with Gasteiger partial charge in [-0.1, -0.05) is 13.0 Å². The topological polar surface area (TPSA) is 45.1 Å². The normalized spacial score (nSPS) is 14.3. The molecule has 2 atom stereocenters. The van der Waals surface area contributed by atoms with Crippen LogP contribution in [0.1, 0.15) is 42.9 Å². The third-order valence-corrected chi connectivity index (χ3v) is 3.96. The second kappa shape index (κ2) is 6.12. The van der Waals surface area contributed by atoms with Crippen molar-refractivity contribution in [2.24, 2.45) is 0 Å². The van der Waals surface area contributed by atoms with Crippen LogP contribution in [0.4, 0.5) is 4.39 Å². The van der Waals surface area contributed by atoms with Crippen LogP contribution in [0.15, 0.2) is 29.8 Å². The molecule has 0 aliphatic rings. The molecule has 1 heterocycles. The summed E-state index contributed by atoms with van der Waals surface area (Å²) < 4.78 is 13.0. The molecular weight excluding hydrogens is 263 g/mol. The van der Waals surface area contributed by atoms with Gasteiger partial charge in [-0.25, -0.2) is 9.37 Å². The van der Waals surface area contributed by atoms with Gasteiger partial charge in [-0.2, -0.15) is 0 Å². The second-order valence-electron chi connectivity index (χ2n) is 4.42. The van der Waals surface area contributed by atoms with E-state index >= 15 is 0 Å². The number of phenolic OH excluding ortho intramolecular Hbond substituents is 1. The lowest BCUT2D eigenvalue weighted by Gasteiger charge is -2.21. The second-order valence-corrected chi connectivity index (χ2v) is 5.35. The number of aromatic nitrogens is 1. The van der Waals surface area contributed by atoms with Gasteiger partial charge in [0.05, 0.1) is 6.04 Å². The van der Waals surface area contributed by atoms with Crippen LogP contribution in [0.5, 0.6) is 5.75 Å². The van der Waals surface area contributed by atoms with E-state index in [-0.39, 0.29) is 17.8 Å². The molecule has 3 nitrogen and oxygen atoms in total. The van der Waals surface area contributed by atoms with Gasteiger partial charge in [0.25, 0.3) is 0 Å². The van der Waals surface area contributed by atoms with Gasteiger partial charge in [0.1, 0.15) is 16.6 Å². The van der Waals surface area contributed by atoms with E-state index in [0.29, 0.717) is 5.56 Å². The minimum Gasteiger partial charge on any atom is -0.508 e. The zero-order valence-electron chi connectivity index (χ0n) is 10.9. The molecule has 0 radical (unpaired) electrons. The molecule has 0 bridgehead atoms. The predicted octanol–water partition coefficient (Wildman–Crippen LogP) is 3.79. The monoisotopic (exact) mass is 280 g/mol. The van der Waals surface area contributed by atoms with E-state index < -0.39 is 5.82 Å². The van der Waals surface area contributed by atoms with Crippen LogP contribution in [-0.2, 0) is 0 Å². The van der Waals surface area contributed by atoms with E-state index in [1.54, 1.807) is 23.6 Å². The molecule has 2 N–H and O–H groups in total. The van der Waals surface area contributed by atoms with E-state index in [1.807, 2.05) is 12.3 Å². The fourth-order valence-corrected chi connectivity index (χ4v) is 2.83. The molecule has 19 heavy (non-hydrogen) atoms. The first kappa shape index (κ1) is 14.0. The molecule has 2 rings (SSSR count). The minimum absolute atomic E-state index is 0.0195. The molecule has 2 unspecified atom stereocenters. The maximum Gasteiger partial charge on any atom is 0.126 e. The summed E-state index contributed by atoms with van der Waals surface area (Å²) in [5.74, 6) is -0.450. The van der Waals surface area contributed by atoms with Crippen molar-refractivity contribution in [3.05, 3.63) is 46.2 Å². The smallest absolute Gasteiger partial charge is 0.126 e. The summed E-state index contributed by atoms with van der Waals surface area (Å²) in [7, 11) is 0. The lowest BCUT2D eigenvalue weighted by atomic mass is 10.1. The summed E-state index contributed by atoms with van der Waals surface area (Å²) in [5.41, 5.74) is 0.691. The molecule has 5 heteroatoms. The molecule has 0 saturated carbocycles. The van der Waals surface area contributed by atoms with Gasteiger partial charge in [-0.15, -0.1) is 11.3 Å². The number of hydrogen-bond donors (Lipinski definition) is 2. The number of benzene rings is 1. The first-order valence-corrected chi connectivity index (χ1v) is 7.13. The molecule has 0 amide bonds. The van der Waals surface area contributed by atoms with Gasteiger partial charge in [0.2, 0.25) is 0 Å². The first-order chi connectivity index (χ1) is 9.11. The summed E-state index contributed by atoms with van der Waals surface area (Å²) in [6.07, 6.45) is 2.68. The highest BCUT2D eigenvalue weighted by Crippen LogP contribution is 2.28. The molecule has 102 valence electrons. The molecular formula is C14H17FN2OS. The maximum atomic E-state index is 13.0. The van der Waals surface area contributed by atoms with Gasteiger partial charge in [-0.05, 0) is 19.4 Å². The standard InChI is InChI=1S/C14H17FN2OS/c1-3-12(14-16-6-7-19-14)17-9(2)11-5-4-10(15)8-13(11)18/h4-9,12,17-18H,3H2,1-2H3. The number of nitrogens with one attached hydrogen (secondary N) is 1.